The van der Waals surface area contributed by atoms with Crippen LogP contribution in [0.3, 0.4) is 0 Å². The topological polar surface area (TPSA) is 75.6 Å². The second-order valence-electron chi connectivity index (χ2n) is 6.96. The molecule has 7 heteroatoms. The van der Waals surface area contributed by atoms with Crippen LogP contribution in [0.15, 0.2) is 74.6 Å². The molecule has 1 unspecified atom stereocenters. The standard InChI is InChI=1S/C23H24N4O2.HI/c1-15-8-10-17(11-9-15)21-13-25-22(29-21)14-26-23(24-3)27-16(2)20-12-18-6-4-5-7-19(18)28-20;/h4-13,16H,14H2,1-3H3,(H2,24,26,27);1H. The zero-order chi connectivity index (χ0) is 20.2. The van der Waals surface area contributed by atoms with Crippen molar-refractivity contribution in [3.05, 3.63) is 78.0 Å². The molecule has 156 valence electrons. The SMILES string of the molecule is CN=C(NCc1ncc(-c2ccc(C)cc2)o1)NC(C)c1cc2ccccc2o1.I. The summed E-state index contributed by atoms with van der Waals surface area (Å²) in [4.78, 5) is 8.64. The fourth-order valence-corrected chi connectivity index (χ4v) is 3.09. The number of benzene rings is 2. The number of aromatic nitrogens is 1. The van der Waals surface area contributed by atoms with E-state index in [2.05, 4.69) is 39.7 Å². The summed E-state index contributed by atoms with van der Waals surface area (Å²) in [6.45, 7) is 4.52. The molecule has 0 spiro atoms. The second-order valence-corrected chi connectivity index (χ2v) is 6.96. The van der Waals surface area contributed by atoms with Gasteiger partial charge in [0.1, 0.15) is 11.3 Å². The molecule has 0 bridgehead atoms. The van der Waals surface area contributed by atoms with E-state index in [0.29, 0.717) is 18.4 Å². The van der Waals surface area contributed by atoms with Crippen molar-refractivity contribution in [1.82, 2.24) is 15.6 Å². The molecule has 2 aromatic heterocycles. The van der Waals surface area contributed by atoms with Crippen LogP contribution in [-0.4, -0.2) is 18.0 Å². The fraction of sp³-hybridized carbons (Fsp3) is 0.217. The van der Waals surface area contributed by atoms with Gasteiger partial charge < -0.3 is 19.5 Å². The first kappa shape index (κ1) is 21.9. The van der Waals surface area contributed by atoms with Gasteiger partial charge in [0.25, 0.3) is 0 Å². The average molecular weight is 516 g/mol. The van der Waals surface area contributed by atoms with Crippen molar-refractivity contribution in [2.45, 2.75) is 26.4 Å². The molecule has 0 fully saturated rings. The molecule has 30 heavy (non-hydrogen) atoms. The number of nitrogens with one attached hydrogen (secondary N) is 2. The average Bonchev–Trinajstić information content (AvgIpc) is 3.38. The zero-order valence-corrected chi connectivity index (χ0v) is 19.5. The number of nitrogens with zero attached hydrogens (tertiary/aromatic N) is 2. The van der Waals surface area contributed by atoms with Gasteiger partial charge in [0.2, 0.25) is 5.89 Å². The first-order valence-electron chi connectivity index (χ1n) is 9.60. The lowest BCUT2D eigenvalue weighted by Crippen LogP contribution is -2.38. The monoisotopic (exact) mass is 516 g/mol. The Balaban J connectivity index is 0.00000256. The summed E-state index contributed by atoms with van der Waals surface area (Å²) in [5.74, 6) is 2.85. The molecule has 4 aromatic rings. The van der Waals surface area contributed by atoms with E-state index in [0.717, 1.165) is 28.1 Å². The summed E-state index contributed by atoms with van der Waals surface area (Å²) in [5, 5.41) is 7.66. The number of oxazole rings is 1. The smallest absolute Gasteiger partial charge is 0.214 e. The molecule has 2 N–H and O–H groups in total. The Kier molecular flexibility index (Phi) is 7.15. The van der Waals surface area contributed by atoms with Crippen molar-refractivity contribution in [3.8, 4) is 11.3 Å². The highest BCUT2D eigenvalue weighted by atomic mass is 127. The van der Waals surface area contributed by atoms with Crippen molar-refractivity contribution in [3.63, 3.8) is 0 Å². The van der Waals surface area contributed by atoms with Crippen LogP contribution < -0.4 is 10.6 Å². The van der Waals surface area contributed by atoms with Gasteiger partial charge in [0.05, 0.1) is 18.8 Å². The Hall–Kier alpha value is -2.81. The van der Waals surface area contributed by atoms with E-state index in [1.165, 1.54) is 5.56 Å². The van der Waals surface area contributed by atoms with Gasteiger partial charge in [-0.25, -0.2) is 4.98 Å². The van der Waals surface area contributed by atoms with Crippen LogP contribution in [0.25, 0.3) is 22.3 Å². The quantitative estimate of drug-likeness (QED) is 0.210. The predicted octanol–water partition coefficient (Wildman–Crippen LogP) is 5.44. The van der Waals surface area contributed by atoms with Gasteiger partial charge in [-0.3, -0.25) is 4.99 Å². The minimum Gasteiger partial charge on any atom is -0.459 e. The Labute approximate surface area is 192 Å². The molecule has 4 rings (SSSR count). The van der Waals surface area contributed by atoms with Crippen LogP contribution in [-0.2, 0) is 6.54 Å². The van der Waals surface area contributed by atoms with Crippen LogP contribution in [0.2, 0.25) is 0 Å². The third-order valence-corrected chi connectivity index (χ3v) is 4.74. The molecule has 2 aromatic carbocycles. The number of halogens is 1. The Morgan fingerprint density at radius 3 is 2.60 bits per heavy atom. The summed E-state index contributed by atoms with van der Waals surface area (Å²) in [6, 6.07) is 18.1. The van der Waals surface area contributed by atoms with Crippen molar-refractivity contribution in [2.24, 2.45) is 4.99 Å². The number of aliphatic imine (C=N–C) groups is 1. The number of hydrogen-bond donors (Lipinski definition) is 2. The van der Waals surface area contributed by atoms with Gasteiger partial charge in [0.15, 0.2) is 11.7 Å². The number of fused-ring (bicyclic) bond motifs is 1. The normalized spacial score (nSPS) is 12.4. The third kappa shape index (κ3) is 5.02. The van der Waals surface area contributed by atoms with Gasteiger partial charge in [-0.2, -0.15) is 0 Å². The van der Waals surface area contributed by atoms with Crippen molar-refractivity contribution < 1.29 is 8.83 Å². The maximum absolute atomic E-state index is 5.92. The van der Waals surface area contributed by atoms with Gasteiger partial charge in [0, 0.05) is 18.0 Å². The van der Waals surface area contributed by atoms with E-state index >= 15 is 0 Å². The molecule has 0 aliphatic heterocycles. The second kappa shape index (κ2) is 9.80. The fourth-order valence-electron chi connectivity index (χ4n) is 3.09. The summed E-state index contributed by atoms with van der Waals surface area (Å²) >= 11 is 0. The number of rotatable bonds is 5. The van der Waals surface area contributed by atoms with Gasteiger partial charge in [-0.15, -0.1) is 24.0 Å². The maximum Gasteiger partial charge on any atom is 0.214 e. The number of furan rings is 1. The Bertz CT molecular complexity index is 1100. The third-order valence-electron chi connectivity index (χ3n) is 4.74. The lowest BCUT2D eigenvalue weighted by Gasteiger charge is -2.15. The van der Waals surface area contributed by atoms with E-state index in [-0.39, 0.29) is 30.0 Å². The Morgan fingerprint density at radius 1 is 1.10 bits per heavy atom. The molecule has 0 saturated heterocycles. The zero-order valence-electron chi connectivity index (χ0n) is 17.2. The molecular weight excluding hydrogens is 491 g/mol. The molecule has 0 saturated carbocycles. The van der Waals surface area contributed by atoms with E-state index in [1.54, 1.807) is 13.2 Å². The molecular formula is C23H25IN4O2. The number of guanidine groups is 1. The summed E-state index contributed by atoms with van der Waals surface area (Å²) in [7, 11) is 1.73. The number of aryl methyl sites for hydroxylation is 1. The lowest BCUT2D eigenvalue weighted by molar-refractivity contribution is 0.480. The summed E-state index contributed by atoms with van der Waals surface area (Å²) in [6.07, 6.45) is 1.74. The summed E-state index contributed by atoms with van der Waals surface area (Å²) in [5.41, 5.74) is 3.10. The minimum absolute atomic E-state index is 0. The number of hydrogen-bond acceptors (Lipinski definition) is 4. The van der Waals surface area contributed by atoms with Crippen LogP contribution in [0.5, 0.6) is 0 Å². The Morgan fingerprint density at radius 2 is 1.87 bits per heavy atom. The van der Waals surface area contributed by atoms with E-state index < -0.39 is 0 Å². The van der Waals surface area contributed by atoms with Gasteiger partial charge in [-0.1, -0.05) is 48.0 Å². The predicted molar refractivity (Wildman–Crippen MR) is 130 cm³/mol. The summed E-state index contributed by atoms with van der Waals surface area (Å²) < 4.78 is 11.8. The minimum atomic E-state index is -0.0405. The molecule has 0 amide bonds. The van der Waals surface area contributed by atoms with E-state index in [4.69, 9.17) is 8.83 Å². The molecule has 1 atom stereocenters. The molecule has 0 aliphatic rings. The van der Waals surface area contributed by atoms with Crippen molar-refractivity contribution >= 4 is 40.9 Å². The van der Waals surface area contributed by atoms with Crippen LogP contribution in [0.4, 0.5) is 0 Å². The lowest BCUT2D eigenvalue weighted by atomic mass is 10.1. The van der Waals surface area contributed by atoms with Crippen LogP contribution in [0.1, 0.15) is 30.2 Å². The maximum atomic E-state index is 5.92. The first-order chi connectivity index (χ1) is 14.1. The van der Waals surface area contributed by atoms with Crippen LogP contribution >= 0.6 is 24.0 Å². The van der Waals surface area contributed by atoms with E-state index in [9.17, 15) is 0 Å². The molecule has 2 heterocycles. The van der Waals surface area contributed by atoms with Gasteiger partial charge >= 0.3 is 0 Å². The van der Waals surface area contributed by atoms with Crippen molar-refractivity contribution in [2.75, 3.05) is 7.05 Å². The highest BCUT2D eigenvalue weighted by Crippen LogP contribution is 2.23. The number of para-hydroxylation sites is 1. The highest BCUT2D eigenvalue weighted by Gasteiger charge is 2.14. The van der Waals surface area contributed by atoms with Crippen molar-refractivity contribution in [1.29, 1.82) is 0 Å². The van der Waals surface area contributed by atoms with Gasteiger partial charge in [-0.05, 0) is 26.0 Å². The molecule has 0 radical (unpaired) electrons. The molecule has 6 nitrogen and oxygen atoms in total. The largest absolute Gasteiger partial charge is 0.459 e. The van der Waals surface area contributed by atoms with E-state index in [1.807, 2.05) is 49.4 Å². The first-order valence-corrected chi connectivity index (χ1v) is 9.60. The highest BCUT2D eigenvalue weighted by molar-refractivity contribution is 14.0. The van der Waals surface area contributed by atoms with Crippen LogP contribution in [0, 0.1) is 6.92 Å². The molecule has 0 aliphatic carbocycles.